The van der Waals surface area contributed by atoms with Gasteiger partial charge in [0.25, 0.3) is 5.91 Å². The Kier molecular flexibility index (Phi) is 5.30. The fourth-order valence-corrected chi connectivity index (χ4v) is 2.22. The van der Waals surface area contributed by atoms with Crippen molar-refractivity contribution < 1.29 is 18.0 Å². The molecule has 0 spiro atoms. The van der Waals surface area contributed by atoms with Crippen LogP contribution in [0.2, 0.25) is 0 Å². The Labute approximate surface area is 152 Å². The molecule has 0 aliphatic rings. The summed E-state index contributed by atoms with van der Waals surface area (Å²) in [7, 11) is 0. The Bertz CT molecular complexity index is 914. The molecular formula is C18H14F3N5O. The third kappa shape index (κ3) is 5.00. The van der Waals surface area contributed by atoms with E-state index in [2.05, 4.69) is 25.6 Å². The zero-order chi connectivity index (χ0) is 19.3. The van der Waals surface area contributed by atoms with E-state index in [-0.39, 0.29) is 11.5 Å². The Morgan fingerprint density at radius 1 is 1.07 bits per heavy atom. The van der Waals surface area contributed by atoms with Gasteiger partial charge in [0.1, 0.15) is 17.8 Å². The van der Waals surface area contributed by atoms with Gasteiger partial charge in [0.2, 0.25) is 0 Å². The van der Waals surface area contributed by atoms with Crippen LogP contribution >= 0.6 is 0 Å². The lowest BCUT2D eigenvalue weighted by Crippen LogP contribution is -2.24. The summed E-state index contributed by atoms with van der Waals surface area (Å²) in [6.45, 7) is 0.290. The Balaban J connectivity index is 1.65. The molecule has 0 aliphatic heterocycles. The Morgan fingerprint density at radius 3 is 2.52 bits per heavy atom. The van der Waals surface area contributed by atoms with Crippen molar-refractivity contribution in [3.05, 3.63) is 78.0 Å². The van der Waals surface area contributed by atoms with Crippen LogP contribution in [0.15, 0.2) is 61.2 Å². The highest BCUT2D eigenvalue weighted by Crippen LogP contribution is 2.30. The van der Waals surface area contributed by atoms with Crippen LogP contribution in [0.25, 0.3) is 0 Å². The second-order valence-electron chi connectivity index (χ2n) is 5.53. The Hall–Kier alpha value is -3.49. The molecule has 2 N–H and O–H groups in total. The van der Waals surface area contributed by atoms with E-state index in [1.54, 1.807) is 18.5 Å². The molecule has 0 saturated heterocycles. The average Bonchev–Trinajstić information content (AvgIpc) is 2.67. The highest BCUT2D eigenvalue weighted by molar-refractivity contribution is 5.92. The first-order valence-electron chi connectivity index (χ1n) is 7.85. The minimum absolute atomic E-state index is 0.128. The molecule has 0 radical (unpaired) electrons. The van der Waals surface area contributed by atoms with Gasteiger partial charge in [0.15, 0.2) is 0 Å². The summed E-state index contributed by atoms with van der Waals surface area (Å²) in [5.41, 5.74) is 0.626. The molecule has 6 nitrogen and oxygen atoms in total. The van der Waals surface area contributed by atoms with E-state index >= 15 is 0 Å². The number of pyridine rings is 1. The predicted octanol–water partition coefficient (Wildman–Crippen LogP) is 3.56. The molecule has 9 heteroatoms. The quantitative estimate of drug-likeness (QED) is 0.715. The highest BCUT2D eigenvalue weighted by atomic mass is 19.4. The van der Waals surface area contributed by atoms with E-state index < -0.39 is 17.6 Å². The van der Waals surface area contributed by atoms with E-state index in [4.69, 9.17) is 0 Å². The first kappa shape index (κ1) is 18.3. The highest BCUT2D eigenvalue weighted by Gasteiger charge is 2.29. The van der Waals surface area contributed by atoms with Gasteiger partial charge in [-0.05, 0) is 35.9 Å². The molecule has 0 aliphatic carbocycles. The van der Waals surface area contributed by atoms with Crippen molar-refractivity contribution in [2.45, 2.75) is 12.7 Å². The predicted molar refractivity (Wildman–Crippen MR) is 92.2 cm³/mol. The number of benzene rings is 1. The summed E-state index contributed by atoms with van der Waals surface area (Å²) in [6.07, 6.45) is 0.0746. The topological polar surface area (TPSA) is 79.8 Å². The lowest BCUT2D eigenvalue weighted by Gasteiger charge is -2.10. The van der Waals surface area contributed by atoms with E-state index in [0.29, 0.717) is 12.2 Å². The number of carbonyl (C=O) groups is 1. The molecule has 2 heterocycles. The number of rotatable bonds is 5. The van der Waals surface area contributed by atoms with Crippen molar-refractivity contribution in [2.24, 2.45) is 0 Å². The monoisotopic (exact) mass is 373 g/mol. The fourth-order valence-electron chi connectivity index (χ4n) is 2.22. The second kappa shape index (κ2) is 7.81. The maximum atomic E-state index is 12.6. The summed E-state index contributed by atoms with van der Waals surface area (Å²) in [6, 6.07) is 9.50. The molecule has 27 heavy (non-hydrogen) atoms. The lowest BCUT2D eigenvalue weighted by atomic mass is 10.2. The summed E-state index contributed by atoms with van der Waals surface area (Å²) in [5, 5.41) is 5.55. The summed E-state index contributed by atoms with van der Waals surface area (Å²) >= 11 is 0. The molecule has 2 aromatic heterocycles. The van der Waals surface area contributed by atoms with Crippen LogP contribution in [-0.2, 0) is 12.7 Å². The zero-order valence-electron chi connectivity index (χ0n) is 13.9. The van der Waals surface area contributed by atoms with Gasteiger partial charge in [0.05, 0.1) is 5.56 Å². The number of carbonyl (C=O) groups excluding carboxylic acids is 1. The molecule has 0 unspecified atom stereocenters. The Morgan fingerprint density at radius 2 is 1.85 bits per heavy atom. The minimum atomic E-state index is -4.40. The molecule has 0 saturated carbocycles. The average molecular weight is 373 g/mol. The summed E-state index contributed by atoms with van der Waals surface area (Å²) in [4.78, 5) is 24.0. The van der Waals surface area contributed by atoms with Crippen LogP contribution in [0.1, 0.15) is 21.6 Å². The molecule has 138 valence electrons. The number of alkyl halides is 3. The minimum Gasteiger partial charge on any atom is -0.347 e. The summed E-state index contributed by atoms with van der Waals surface area (Å²) < 4.78 is 37.8. The molecule has 3 aromatic rings. The molecule has 0 fully saturated rings. The third-order valence-corrected chi connectivity index (χ3v) is 3.56. The standard InChI is InChI=1S/C18H14F3N5O/c19-18(20,21)13-3-5-14(6-4-13)26-16-8-15(24-11-25-16)17(27)23-10-12-2-1-7-22-9-12/h1-9,11H,10H2,(H,23,27)(H,24,25,26). The van der Waals surface area contributed by atoms with Gasteiger partial charge in [0, 0.05) is 30.7 Å². The van der Waals surface area contributed by atoms with Crippen molar-refractivity contribution >= 4 is 17.4 Å². The van der Waals surface area contributed by atoms with Gasteiger partial charge in [-0.15, -0.1) is 0 Å². The smallest absolute Gasteiger partial charge is 0.347 e. The van der Waals surface area contributed by atoms with Crippen LogP contribution in [0.3, 0.4) is 0 Å². The van der Waals surface area contributed by atoms with Crippen LogP contribution in [0.4, 0.5) is 24.7 Å². The van der Waals surface area contributed by atoms with Crippen LogP contribution in [0, 0.1) is 0 Å². The number of hydrogen-bond acceptors (Lipinski definition) is 5. The fraction of sp³-hybridized carbons (Fsp3) is 0.111. The van der Waals surface area contributed by atoms with Gasteiger partial charge >= 0.3 is 6.18 Å². The van der Waals surface area contributed by atoms with E-state index in [1.165, 1.54) is 24.5 Å². The van der Waals surface area contributed by atoms with Gasteiger partial charge in [-0.2, -0.15) is 13.2 Å². The number of nitrogens with one attached hydrogen (secondary N) is 2. The van der Waals surface area contributed by atoms with Gasteiger partial charge in [-0.3, -0.25) is 9.78 Å². The maximum Gasteiger partial charge on any atom is 0.416 e. The molecule has 1 aromatic carbocycles. The van der Waals surface area contributed by atoms with Gasteiger partial charge < -0.3 is 10.6 Å². The maximum absolute atomic E-state index is 12.6. The van der Waals surface area contributed by atoms with Crippen LogP contribution < -0.4 is 10.6 Å². The number of hydrogen-bond donors (Lipinski definition) is 2. The molecule has 0 bridgehead atoms. The molecular weight excluding hydrogens is 359 g/mol. The van der Waals surface area contributed by atoms with E-state index in [0.717, 1.165) is 17.7 Å². The van der Waals surface area contributed by atoms with Crippen molar-refractivity contribution in [2.75, 3.05) is 5.32 Å². The molecule has 0 atom stereocenters. The number of halogens is 3. The van der Waals surface area contributed by atoms with Crippen molar-refractivity contribution in [3.63, 3.8) is 0 Å². The molecule has 1 amide bonds. The zero-order valence-corrected chi connectivity index (χ0v) is 13.9. The first-order chi connectivity index (χ1) is 12.9. The molecule has 3 rings (SSSR count). The number of nitrogens with zero attached hydrogens (tertiary/aromatic N) is 3. The summed E-state index contributed by atoms with van der Waals surface area (Å²) in [5.74, 6) is -0.118. The van der Waals surface area contributed by atoms with Crippen molar-refractivity contribution in [1.29, 1.82) is 0 Å². The van der Waals surface area contributed by atoms with Crippen molar-refractivity contribution in [1.82, 2.24) is 20.3 Å². The number of aromatic nitrogens is 3. The number of amides is 1. The van der Waals surface area contributed by atoms with Gasteiger partial charge in [-0.25, -0.2) is 9.97 Å². The second-order valence-corrected chi connectivity index (χ2v) is 5.53. The van der Waals surface area contributed by atoms with E-state index in [1.807, 2.05) is 6.07 Å². The number of anilines is 2. The largest absolute Gasteiger partial charge is 0.416 e. The third-order valence-electron chi connectivity index (χ3n) is 3.56. The van der Waals surface area contributed by atoms with Gasteiger partial charge in [-0.1, -0.05) is 6.07 Å². The van der Waals surface area contributed by atoms with E-state index in [9.17, 15) is 18.0 Å². The van der Waals surface area contributed by atoms with Crippen LogP contribution in [-0.4, -0.2) is 20.9 Å². The lowest BCUT2D eigenvalue weighted by molar-refractivity contribution is -0.137. The van der Waals surface area contributed by atoms with Crippen LogP contribution in [0.5, 0.6) is 0 Å². The first-order valence-corrected chi connectivity index (χ1v) is 7.85. The normalized spacial score (nSPS) is 11.1. The SMILES string of the molecule is O=C(NCc1cccnc1)c1cc(Nc2ccc(C(F)(F)F)cc2)ncn1. The van der Waals surface area contributed by atoms with Crippen molar-refractivity contribution in [3.8, 4) is 0 Å².